The van der Waals surface area contributed by atoms with Crippen LogP contribution >= 0.6 is 12.2 Å². The minimum Gasteiger partial charge on any atom is -0.465 e. The highest BCUT2D eigenvalue weighted by Gasteiger charge is 2.19. The fourth-order valence-electron chi connectivity index (χ4n) is 2.81. The van der Waals surface area contributed by atoms with Crippen LogP contribution in [0.1, 0.15) is 27.2 Å². The van der Waals surface area contributed by atoms with E-state index in [-0.39, 0.29) is 15.7 Å². The van der Waals surface area contributed by atoms with Crippen LogP contribution in [0.2, 0.25) is 0 Å². The van der Waals surface area contributed by atoms with Crippen LogP contribution in [0, 0.1) is 25.5 Å². The van der Waals surface area contributed by atoms with Gasteiger partial charge in [0.15, 0.2) is 10.4 Å². The molecule has 0 bridgehead atoms. The van der Waals surface area contributed by atoms with Gasteiger partial charge < -0.3 is 4.74 Å². The van der Waals surface area contributed by atoms with Gasteiger partial charge in [0, 0.05) is 5.69 Å². The Hall–Kier alpha value is -2.80. The molecule has 0 atom stereocenters. The summed E-state index contributed by atoms with van der Waals surface area (Å²) in [5.41, 5.74) is 3.45. The van der Waals surface area contributed by atoms with Crippen LogP contribution in [0.15, 0.2) is 29.1 Å². The fourth-order valence-corrected chi connectivity index (χ4v) is 3.09. The molecule has 0 fully saturated rings. The number of methoxy groups -OCH3 is 1. The van der Waals surface area contributed by atoms with Crippen molar-refractivity contribution in [2.75, 3.05) is 7.11 Å². The average molecular weight is 355 g/mol. The maximum Gasteiger partial charge on any atom is 0.338 e. The van der Waals surface area contributed by atoms with E-state index >= 15 is 0 Å². The van der Waals surface area contributed by atoms with Gasteiger partial charge in [-0.25, -0.2) is 9.78 Å². The lowest BCUT2D eigenvalue weighted by Crippen LogP contribution is -2.19. The second kappa shape index (κ2) is 6.25. The van der Waals surface area contributed by atoms with Gasteiger partial charge in [-0.05, 0) is 56.2 Å². The number of nitrogens with zero attached hydrogens (tertiary/aromatic N) is 2. The van der Waals surface area contributed by atoms with Gasteiger partial charge in [0.1, 0.15) is 0 Å². The van der Waals surface area contributed by atoms with Gasteiger partial charge in [0.2, 0.25) is 0 Å². The number of rotatable bonds is 2. The van der Waals surface area contributed by atoms with Crippen LogP contribution in [0.3, 0.4) is 0 Å². The van der Waals surface area contributed by atoms with E-state index in [9.17, 15) is 9.59 Å². The summed E-state index contributed by atoms with van der Waals surface area (Å²) in [4.78, 5) is 31.8. The fraction of sp³-hybridized carbons (Fsp3) is 0.222. The minimum atomic E-state index is -0.592. The maximum absolute atomic E-state index is 12.5. The largest absolute Gasteiger partial charge is 0.465 e. The number of aromatic nitrogens is 3. The lowest BCUT2D eigenvalue weighted by Gasteiger charge is -2.15. The molecule has 1 N–H and O–H groups in total. The maximum atomic E-state index is 12.5. The topological polar surface area (TPSA) is 77.0 Å². The first kappa shape index (κ1) is 17.0. The Morgan fingerprint density at radius 3 is 2.64 bits per heavy atom. The highest BCUT2D eigenvalue weighted by molar-refractivity contribution is 7.71. The van der Waals surface area contributed by atoms with Crippen molar-refractivity contribution >= 4 is 29.2 Å². The number of carbonyl (C=O) groups excluding carboxylic acids is 1. The number of nitrogens with one attached hydrogen (secondary N) is 1. The van der Waals surface area contributed by atoms with Crippen LogP contribution in [-0.2, 0) is 4.74 Å². The van der Waals surface area contributed by atoms with E-state index in [0.717, 1.165) is 16.8 Å². The molecule has 7 heteroatoms. The third-order valence-corrected chi connectivity index (χ3v) is 4.29. The molecule has 3 rings (SSSR count). The highest BCUT2D eigenvalue weighted by atomic mass is 32.1. The number of hydrogen-bond acceptors (Lipinski definition) is 5. The van der Waals surface area contributed by atoms with Crippen molar-refractivity contribution < 1.29 is 9.53 Å². The van der Waals surface area contributed by atoms with E-state index in [0.29, 0.717) is 11.3 Å². The monoisotopic (exact) mass is 355 g/mol. The second-order valence-electron chi connectivity index (χ2n) is 5.89. The van der Waals surface area contributed by atoms with E-state index in [1.807, 2.05) is 32.0 Å². The molecule has 3 aromatic rings. The van der Waals surface area contributed by atoms with Crippen molar-refractivity contribution in [3.05, 3.63) is 61.8 Å². The van der Waals surface area contributed by atoms with Crippen molar-refractivity contribution in [2.45, 2.75) is 20.8 Å². The third kappa shape index (κ3) is 2.87. The molecule has 128 valence electrons. The number of aryl methyl sites for hydroxylation is 3. The molecule has 0 aliphatic heterocycles. The number of carbonyl (C=O) groups is 1. The molecule has 0 radical (unpaired) electrons. The molecule has 0 spiro atoms. The average Bonchev–Trinajstić information content (AvgIpc) is 2.56. The van der Waals surface area contributed by atoms with Crippen LogP contribution in [-0.4, -0.2) is 27.6 Å². The molecule has 0 saturated heterocycles. The van der Waals surface area contributed by atoms with Gasteiger partial charge in [-0.1, -0.05) is 12.1 Å². The van der Waals surface area contributed by atoms with Crippen LogP contribution in [0.25, 0.3) is 16.7 Å². The first-order valence-electron chi connectivity index (χ1n) is 7.66. The molecule has 0 aliphatic rings. The number of H-pyrrole nitrogens is 1. The predicted octanol–water partition coefficient (Wildman–Crippen LogP) is 3.16. The number of ether oxygens (including phenoxy) is 1. The quantitative estimate of drug-likeness (QED) is 0.564. The summed E-state index contributed by atoms with van der Waals surface area (Å²) in [6.45, 7) is 5.67. The number of esters is 1. The summed E-state index contributed by atoms with van der Waals surface area (Å²) >= 11 is 5.38. The number of benzene rings is 1. The molecule has 2 heterocycles. The number of pyridine rings is 1. The Balaban J connectivity index is 2.55. The number of fused-ring (bicyclic) bond motifs is 1. The van der Waals surface area contributed by atoms with Crippen molar-refractivity contribution in [1.82, 2.24) is 14.5 Å². The highest BCUT2D eigenvalue weighted by Crippen LogP contribution is 2.22. The van der Waals surface area contributed by atoms with E-state index in [2.05, 4.69) is 9.97 Å². The Bertz CT molecular complexity index is 1130. The zero-order valence-electron chi connectivity index (χ0n) is 14.3. The van der Waals surface area contributed by atoms with Crippen molar-refractivity contribution in [3.63, 3.8) is 0 Å². The third-order valence-electron chi connectivity index (χ3n) is 4.00. The van der Waals surface area contributed by atoms with Gasteiger partial charge in [0.05, 0.1) is 23.7 Å². The molecule has 25 heavy (non-hydrogen) atoms. The van der Waals surface area contributed by atoms with Gasteiger partial charge in [-0.2, -0.15) is 0 Å². The summed E-state index contributed by atoms with van der Waals surface area (Å²) in [6, 6.07) is 7.47. The molecule has 0 amide bonds. The smallest absolute Gasteiger partial charge is 0.338 e. The van der Waals surface area contributed by atoms with Crippen LogP contribution in [0.5, 0.6) is 0 Å². The zero-order chi connectivity index (χ0) is 18.3. The molecule has 1 aromatic carbocycles. The Morgan fingerprint density at radius 1 is 1.24 bits per heavy atom. The molecule has 0 unspecified atom stereocenters. The van der Waals surface area contributed by atoms with Gasteiger partial charge in [-0.3, -0.25) is 14.3 Å². The van der Waals surface area contributed by atoms with Crippen LogP contribution < -0.4 is 5.56 Å². The molecule has 2 aromatic heterocycles. The lowest BCUT2D eigenvalue weighted by atomic mass is 10.1. The second-order valence-corrected chi connectivity index (χ2v) is 6.27. The summed E-state index contributed by atoms with van der Waals surface area (Å²) in [6.07, 6.45) is 0. The first-order chi connectivity index (χ1) is 11.8. The van der Waals surface area contributed by atoms with Gasteiger partial charge >= 0.3 is 5.97 Å². The van der Waals surface area contributed by atoms with E-state index in [1.54, 1.807) is 17.6 Å². The standard InChI is InChI=1S/C18H17N3O3S/c1-9-5-6-10(2)13(7-9)21-15-14(16(22)20-18(21)25)12(17(23)24-4)8-11(3)19-15/h5-8H,1-4H3,(H,20,22,25). The van der Waals surface area contributed by atoms with Gasteiger partial charge in [0.25, 0.3) is 5.56 Å². The molecule has 6 nitrogen and oxygen atoms in total. The van der Waals surface area contributed by atoms with E-state index in [4.69, 9.17) is 17.0 Å². The summed E-state index contributed by atoms with van der Waals surface area (Å²) in [7, 11) is 1.28. The minimum absolute atomic E-state index is 0.159. The van der Waals surface area contributed by atoms with Crippen LogP contribution in [0.4, 0.5) is 0 Å². The normalized spacial score (nSPS) is 10.9. The first-order valence-corrected chi connectivity index (χ1v) is 8.07. The Labute approximate surface area is 149 Å². The van der Waals surface area contributed by atoms with E-state index < -0.39 is 11.5 Å². The Kier molecular flexibility index (Phi) is 4.26. The molecule has 0 saturated carbocycles. The van der Waals surface area contributed by atoms with Crippen molar-refractivity contribution in [3.8, 4) is 5.69 Å². The summed E-state index contributed by atoms with van der Waals surface area (Å²) in [5, 5.41) is 0.159. The summed E-state index contributed by atoms with van der Waals surface area (Å²) in [5.74, 6) is -0.592. The zero-order valence-corrected chi connectivity index (χ0v) is 15.2. The van der Waals surface area contributed by atoms with Gasteiger partial charge in [-0.15, -0.1) is 0 Å². The number of hydrogen-bond donors (Lipinski definition) is 1. The molecular formula is C18H17N3O3S. The van der Waals surface area contributed by atoms with E-state index in [1.165, 1.54) is 7.11 Å². The predicted molar refractivity (Wildman–Crippen MR) is 98.1 cm³/mol. The van der Waals surface area contributed by atoms with Crippen molar-refractivity contribution in [1.29, 1.82) is 0 Å². The number of aromatic amines is 1. The molecule has 0 aliphatic carbocycles. The lowest BCUT2D eigenvalue weighted by molar-refractivity contribution is 0.0602. The SMILES string of the molecule is COC(=O)c1cc(C)nc2c1c(=O)[nH]c(=S)n2-c1cc(C)ccc1C. The Morgan fingerprint density at radius 2 is 1.96 bits per heavy atom. The van der Waals surface area contributed by atoms with Crippen molar-refractivity contribution in [2.24, 2.45) is 0 Å². The summed E-state index contributed by atoms with van der Waals surface area (Å²) < 4.78 is 6.73. The molecular weight excluding hydrogens is 338 g/mol.